The van der Waals surface area contributed by atoms with E-state index in [0.29, 0.717) is 29.8 Å². The quantitative estimate of drug-likeness (QED) is 0.238. The number of halogens is 1. The predicted molar refractivity (Wildman–Crippen MR) is 160 cm³/mol. The Hall–Kier alpha value is -3.79. The van der Waals surface area contributed by atoms with E-state index in [1.165, 1.54) is 12.1 Å². The van der Waals surface area contributed by atoms with Crippen molar-refractivity contribution in [2.75, 3.05) is 31.3 Å². The van der Waals surface area contributed by atoms with E-state index in [1.807, 2.05) is 24.3 Å². The first-order chi connectivity index (χ1) is 19.0. The molecule has 7 nitrogen and oxygen atoms in total. The average molecular weight is 558 g/mol. The number of fused-ring (bicyclic) bond motifs is 1. The second kappa shape index (κ2) is 10.6. The third kappa shape index (κ3) is 5.08. The fraction of sp³-hybridized carbons (Fsp3) is 0.323. The van der Waals surface area contributed by atoms with Crippen LogP contribution in [0, 0.1) is 12.4 Å². The minimum atomic E-state index is -2.61. The van der Waals surface area contributed by atoms with Crippen LogP contribution in [0.4, 0.5) is 15.9 Å². The minimum Gasteiger partial charge on any atom is -0.362 e. The Bertz CT molecular complexity index is 1720. The predicted octanol–water partition coefficient (Wildman–Crippen LogP) is 5.56. The third-order valence-electron chi connectivity index (χ3n) is 7.84. The van der Waals surface area contributed by atoms with E-state index in [4.69, 9.17) is 6.57 Å². The van der Waals surface area contributed by atoms with Crippen LogP contribution < -0.4 is 15.8 Å². The van der Waals surface area contributed by atoms with Gasteiger partial charge in [-0.25, -0.2) is 4.39 Å². The van der Waals surface area contributed by atoms with Crippen LogP contribution in [-0.2, 0) is 11.6 Å². The van der Waals surface area contributed by atoms with Crippen molar-refractivity contribution in [2.24, 2.45) is 7.05 Å². The second-order valence-electron chi connectivity index (χ2n) is 11.0. The van der Waals surface area contributed by atoms with Crippen LogP contribution in [0.25, 0.3) is 15.9 Å². The first-order valence-corrected chi connectivity index (χ1v) is 15.9. The molecule has 3 heterocycles. The second-order valence-corrected chi connectivity index (χ2v) is 14.2. The highest BCUT2D eigenvalue weighted by Crippen LogP contribution is 2.42. The van der Waals surface area contributed by atoms with E-state index in [9.17, 15) is 13.8 Å². The molecule has 0 saturated carbocycles. The van der Waals surface area contributed by atoms with Gasteiger partial charge in [0.25, 0.3) is 11.4 Å². The molecule has 3 atom stereocenters. The van der Waals surface area contributed by atoms with Gasteiger partial charge in [-0.2, -0.15) is 0 Å². The molecule has 0 N–H and O–H groups in total. The van der Waals surface area contributed by atoms with Crippen molar-refractivity contribution >= 4 is 35.0 Å². The van der Waals surface area contributed by atoms with Crippen LogP contribution >= 0.6 is 7.14 Å². The Labute approximate surface area is 234 Å². The van der Waals surface area contributed by atoms with Gasteiger partial charge in [-0.15, -0.1) is 4.98 Å². The van der Waals surface area contributed by atoms with E-state index in [2.05, 4.69) is 33.5 Å². The Balaban J connectivity index is 1.60. The summed E-state index contributed by atoms with van der Waals surface area (Å²) >= 11 is 0. The summed E-state index contributed by atoms with van der Waals surface area (Å²) in [6.07, 6.45) is 0. The molecule has 0 spiro atoms. The standard InChI is InChI=1S/C31H33FN5O2P/c1-20-19-37(31(22-11-13-23(32)14-12-22)24-9-7-8-10-27(24)40(5,6)39)21(2)18-36(20)26-17-29(38)35(4)25-15-16-28(33-3)34-30(25)26/h7-17,20-21,31H,18-19H2,1-2,4-6H3/t20-,21+,31?/m0/s1. The SMILES string of the molecule is [C-]#[N+]c1ccc2c(n1)c(N1C[C@@H](C)N(C(c3ccc(F)cc3)c3ccccc3P(C)(C)=O)C[C@@H]1C)cc(=O)n2C. The molecule has 1 unspecified atom stereocenters. The molecule has 1 saturated heterocycles. The molecule has 0 aliphatic carbocycles. The van der Waals surface area contributed by atoms with Crippen LogP contribution in [0.15, 0.2) is 71.5 Å². The number of hydrogen-bond acceptors (Lipinski definition) is 5. The normalized spacial score (nSPS) is 19.0. The number of anilines is 1. The van der Waals surface area contributed by atoms with Crippen molar-refractivity contribution in [1.82, 2.24) is 14.5 Å². The van der Waals surface area contributed by atoms with Gasteiger partial charge in [0, 0.05) is 43.6 Å². The topological polar surface area (TPSA) is 62.8 Å². The Kier molecular flexibility index (Phi) is 7.39. The van der Waals surface area contributed by atoms with Crippen LogP contribution in [-0.4, -0.2) is 53.0 Å². The first kappa shape index (κ1) is 27.8. The zero-order valence-electron chi connectivity index (χ0n) is 23.4. The van der Waals surface area contributed by atoms with E-state index >= 15 is 0 Å². The lowest BCUT2D eigenvalue weighted by molar-refractivity contribution is 0.130. The summed E-state index contributed by atoms with van der Waals surface area (Å²) in [4.78, 5) is 25.6. The van der Waals surface area contributed by atoms with E-state index in [-0.39, 0.29) is 35.3 Å². The molecule has 5 rings (SSSR count). The fourth-order valence-electron chi connectivity index (χ4n) is 5.84. The number of nitrogens with zero attached hydrogens (tertiary/aromatic N) is 5. The highest BCUT2D eigenvalue weighted by Gasteiger charge is 2.37. The van der Waals surface area contributed by atoms with Crippen molar-refractivity contribution < 1.29 is 8.96 Å². The van der Waals surface area contributed by atoms with Crippen LogP contribution in [0.5, 0.6) is 0 Å². The van der Waals surface area contributed by atoms with Crippen molar-refractivity contribution in [3.05, 3.63) is 105 Å². The smallest absolute Gasteiger partial charge is 0.270 e. The van der Waals surface area contributed by atoms with Crippen molar-refractivity contribution in [2.45, 2.75) is 32.0 Å². The van der Waals surface area contributed by atoms with Gasteiger partial charge in [-0.1, -0.05) is 43.0 Å². The van der Waals surface area contributed by atoms with Gasteiger partial charge < -0.3 is 18.9 Å². The van der Waals surface area contributed by atoms with E-state index in [1.54, 1.807) is 55.3 Å². The Morgan fingerprint density at radius 2 is 1.73 bits per heavy atom. The largest absolute Gasteiger partial charge is 0.362 e. The number of aryl methyl sites for hydroxylation is 1. The maximum absolute atomic E-state index is 14.0. The highest BCUT2D eigenvalue weighted by atomic mass is 31.2. The number of rotatable bonds is 5. The molecule has 9 heteroatoms. The molecule has 0 amide bonds. The maximum Gasteiger partial charge on any atom is 0.270 e. The number of aromatic nitrogens is 2. The summed E-state index contributed by atoms with van der Waals surface area (Å²) in [5.74, 6) is -0.0224. The number of pyridine rings is 2. The Morgan fingerprint density at radius 3 is 2.40 bits per heavy atom. The lowest BCUT2D eigenvalue weighted by Crippen LogP contribution is -2.58. The molecule has 0 radical (unpaired) electrons. The summed E-state index contributed by atoms with van der Waals surface area (Å²) in [6, 6.07) is 19.2. The minimum absolute atomic E-state index is 0.00978. The van der Waals surface area contributed by atoms with Gasteiger partial charge in [0.2, 0.25) is 5.52 Å². The third-order valence-corrected chi connectivity index (χ3v) is 9.41. The molecule has 4 aromatic rings. The molecule has 206 valence electrons. The van der Waals surface area contributed by atoms with Gasteiger partial charge in [0.1, 0.15) is 13.0 Å². The summed E-state index contributed by atoms with van der Waals surface area (Å²) in [5, 5.41) is 0.819. The fourth-order valence-corrected chi connectivity index (χ4v) is 7.10. The highest BCUT2D eigenvalue weighted by molar-refractivity contribution is 7.70. The van der Waals surface area contributed by atoms with Crippen molar-refractivity contribution in [3.63, 3.8) is 0 Å². The lowest BCUT2D eigenvalue weighted by Gasteiger charge is -2.48. The van der Waals surface area contributed by atoms with Gasteiger partial charge in [0.15, 0.2) is 0 Å². The summed E-state index contributed by atoms with van der Waals surface area (Å²) in [7, 11) is -0.901. The average Bonchev–Trinajstić information content (AvgIpc) is 2.93. The summed E-state index contributed by atoms with van der Waals surface area (Å²) in [5.41, 5.74) is 3.77. The van der Waals surface area contributed by atoms with Crippen LogP contribution in [0.3, 0.4) is 0 Å². The molecule has 1 fully saturated rings. The van der Waals surface area contributed by atoms with Crippen LogP contribution in [0.1, 0.15) is 31.0 Å². The first-order valence-electron chi connectivity index (χ1n) is 13.3. The van der Waals surface area contributed by atoms with Gasteiger partial charge in [0.05, 0.1) is 17.2 Å². The molecular weight excluding hydrogens is 524 g/mol. The molecule has 1 aliphatic rings. The van der Waals surface area contributed by atoms with E-state index in [0.717, 1.165) is 16.4 Å². The molecule has 0 bridgehead atoms. The zero-order chi connectivity index (χ0) is 28.8. The van der Waals surface area contributed by atoms with Gasteiger partial charge in [-0.05, 0) is 62.6 Å². The zero-order valence-corrected chi connectivity index (χ0v) is 24.3. The van der Waals surface area contributed by atoms with Crippen molar-refractivity contribution in [1.29, 1.82) is 0 Å². The monoisotopic (exact) mass is 557 g/mol. The van der Waals surface area contributed by atoms with Crippen molar-refractivity contribution in [3.8, 4) is 0 Å². The lowest BCUT2D eigenvalue weighted by atomic mass is 9.93. The number of piperazine rings is 1. The molecule has 1 aliphatic heterocycles. The summed E-state index contributed by atoms with van der Waals surface area (Å²) in [6.45, 7) is 16.5. The van der Waals surface area contributed by atoms with Gasteiger partial charge in [-0.3, -0.25) is 9.69 Å². The summed E-state index contributed by atoms with van der Waals surface area (Å²) < 4.78 is 28.9. The van der Waals surface area contributed by atoms with Crippen LogP contribution in [0.2, 0.25) is 0 Å². The number of hydrogen-bond donors (Lipinski definition) is 0. The molecule has 2 aromatic carbocycles. The van der Waals surface area contributed by atoms with E-state index < -0.39 is 7.14 Å². The Morgan fingerprint density at radius 1 is 1.02 bits per heavy atom. The molecule has 2 aromatic heterocycles. The maximum atomic E-state index is 14.0. The number of benzene rings is 2. The molecule has 40 heavy (non-hydrogen) atoms. The molecular formula is C31H33FN5O2P. The van der Waals surface area contributed by atoms with Gasteiger partial charge >= 0.3 is 0 Å².